The molecule has 11 heteroatoms. The fraction of sp³-hybridized carbons (Fsp3) is 0.625. The highest BCUT2D eigenvalue weighted by molar-refractivity contribution is 7.90. The number of piperazine rings is 2. The first-order valence-corrected chi connectivity index (χ1v) is 12.0. The van der Waals surface area contributed by atoms with Crippen molar-refractivity contribution in [2.24, 2.45) is 0 Å². The largest absolute Gasteiger partial charge is 0.304 e. The van der Waals surface area contributed by atoms with Crippen molar-refractivity contribution in [3.05, 3.63) is 23.2 Å². The van der Waals surface area contributed by atoms with Crippen LogP contribution in [0.2, 0.25) is 5.02 Å². The van der Waals surface area contributed by atoms with Crippen molar-refractivity contribution in [1.82, 2.24) is 18.4 Å². The maximum atomic E-state index is 13.0. The number of likely N-dealkylation sites (N-methyl/N-ethyl adjacent to an activating group) is 2. The van der Waals surface area contributed by atoms with Crippen LogP contribution < -0.4 is 0 Å². The standard InChI is InChI=1S/C16H25ClN4O4S2/c1-18-5-9-20(10-6-18)26(22,23)14-3-4-15(17)16(13-14)27(24,25)21-11-7-19(2)8-12-21/h3-4,13H,5-12H2,1-2H3. The minimum absolute atomic E-state index is 0.0336. The maximum absolute atomic E-state index is 13.0. The van der Waals surface area contributed by atoms with E-state index in [1.807, 2.05) is 19.0 Å². The summed E-state index contributed by atoms with van der Waals surface area (Å²) in [4.78, 5) is 3.91. The average molecular weight is 437 g/mol. The van der Waals surface area contributed by atoms with Crippen molar-refractivity contribution in [3.8, 4) is 0 Å². The lowest BCUT2D eigenvalue weighted by molar-refractivity contribution is 0.222. The molecule has 0 spiro atoms. The first-order chi connectivity index (χ1) is 12.6. The van der Waals surface area contributed by atoms with Gasteiger partial charge in [0.25, 0.3) is 0 Å². The Labute approximate surface area is 166 Å². The molecule has 8 nitrogen and oxygen atoms in total. The number of rotatable bonds is 4. The number of hydrogen-bond donors (Lipinski definition) is 0. The summed E-state index contributed by atoms with van der Waals surface area (Å²) in [5.74, 6) is 0. The van der Waals surface area contributed by atoms with E-state index in [0.717, 1.165) is 0 Å². The third-order valence-corrected chi connectivity index (χ3v) is 9.36. The lowest BCUT2D eigenvalue weighted by atomic mass is 10.4. The first kappa shape index (κ1) is 21.0. The van der Waals surface area contributed by atoms with Crippen molar-refractivity contribution in [2.75, 3.05) is 66.5 Å². The van der Waals surface area contributed by atoms with Gasteiger partial charge < -0.3 is 9.80 Å². The highest BCUT2D eigenvalue weighted by Crippen LogP contribution is 2.29. The van der Waals surface area contributed by atoms with Crippen LogP contribution in [0, 0.1) is 0 Å². The Balaban J connectivity index is 1.92. The summed E-state index contributed by atoms with van der Waals surface area (Å²) in [7, 11) is -3.75. The highest BCUT2D eigenvalue weighted by Gasteiger charge is 2.33. The van der Waals surface area contributed by atoms with Crippen molar-refractivity contribution in [3.63, 3.8) is 0 Å². The van der Waals surface area contributed by atoms with E-state index in [0.29, 0.717) is 52.4 Å². The van der Waals surface area contributed by atoms with Gasteiger partial charge in [-0.1, -0.05) is 11.6 Å². The lowest BCUT2D eigenvalue weighted by Gasteiger charge is -2.32. The number of hydrogen-bond acceptors (Lipinski definition) is 6. The Morgan fingerprint density at radius 3 is 1.67 bits per heavy atom. The molecule has 0 saturated carbocycles. The zero-order valence-corrected chi connectivity index (χ0v) is 17.9. The van der Waals surface area contributed by atoms with Crippen LogP contribution in [0.5, 0.6) is 0 Å². The minimum Gasteiger partial charge on any atom is -0.304 e. The first-order valence-electron chi connectivity index (χ1n) is 8.79. The van der Waals surface area contributed by atoms with Gasteiger partial charge in [-0.2, -0.15) is 8.61 Å². The highest BCUT2D eigenvalue weighted by atomic mass is 35.5. The van der Waals surface area contributed by atoms with E-state index in [9.17, 15) is 16.8 Å². The van der Waals surface area contributed by atoms with Gasteiger partial charge in [0.2, 0.25) is 20.0 Å². The van der Waals surface area contributed by atoms with E-state index in [-0.39, 0.29) is 14.8 Å². The molecule has 2 fully saturated rings. The molecule has 0 aliphatic carbocycles. The monoisotopic (exact) mass is 436 g/mol. The van der Waals surface area contributed by atoms with Crippen LogP contribution in [0.15, 0.2) is 28.0 Å². The Hall–Kier alpha value is -0.750. The Morgan fingerprint density at radius 2 is 1.19 bits per heavy atom. The second-order valence-corrected chi connectivity index (χ2v) is 11.3. The van der Waals surface area contributed by atoms with Gasteiger partial charge in [0, 0.05) is 52.4 Å². The molecule has 3 rings (SSSR count). The number of nitrogens with zero attached hydrogens (tertiary/aromatic N) is 4. The molecule has 0 N–H and O–H groups in total. The molecule has 2 saturated heterocycles. The molecule has 152 valence electrons. The molecule has 27 heavy (non-hydrogen) atoms. The molecular weight excluding hydrogens is 412 g/mol. The molecule has 0 radical (unpaired) electrons. The van der Waals surface area contributed by atoms with Gasteiger partial charge in [-0.15, -0.1) is 0 Å². The van der Waals surface area contributed by atoms with Gasteiger partial charge >= 0.3 is 0 Å². The number of sulfonamides is 2. The van der Waals surface area contributed by atoms with E-state index in [2.05, 4.69) is 4.90 Å². The van der Waals surface area contributed by atoms with Crippen LogP contribution in [0.3, 0.4) is 0 Å². The van der Waals surface area contributed by atoms with E-state index in [4.69, 9.17) is 11.6 Å². The minimum atomic E-state index is -3.85. The molecule has 0 bridgehead atoms. The maximum Gasteiger partial charge on any atom is 0.244 e. The van der Waals surface area contributed by atoms with E-state index in [1.54, 1.807) is 0 Å². The summed E-state index contributed by atoms with van der Waals surface area (Å²) in [6.45, 7) is 3.98. The van der Waals surface area contributed by atoms with E-state index < -0.39 is 20.0 Å². The zero-order valence-electron chi connectivity index (χ0n) is 15.5. The summed E-state index contributed by atoms with van der Waals surface area (Å²) >= 11 is 6.15. The van der Waals surface area contributed by atoms with Gasteiger partial charge in [-0.3, -0.25) is 0 Å². The van der Waals surface area contributed by atoms with Crippen LogP contribution in [0.25, 0.3) is 0 Å². The lowest BCUT2D eigenvalue weighted by Crippen LogP contribution is -2.47. The zero-order chi connectivity index (χ0) is 19.8. The van der Waals surface area contributed by atoms with Crippen LogP contribution in [0.4, 0.5) is 0 Å². The van der Waals surface area contributed by atoms with Crippen molar-refractivity contribution >= 4 is 31.6 Å². The summed E-state index contributed by atoms with van der Waals surface area (Å²) in [5.41, 5.74) is 0. The second kappa shape index (κ2) is 7.94. The van der Waals surface area contributed by atoms with E-state index >= 15 is 0 Å². The summed E-state index contributed by atoms with van der Waals surface area (Å²) in [6.07, 6.45) is 0. The van der Waals surface area contributed by atoms with Crippen LogP contribution in [-0.2, 0) is 20.0 Å². The fourth-order valence-electron chi connectivity index (χ4n) is 3.19. The van der Waals surface area contributed by atoms with Crippen LogP contribution in [0.1, 0.15) is 0 Å². The number of halogens is 1. The van der Waals surface area contributed by atoms with Gasteiger partial charge in [0.15, 0.2) is 0 Å². The second-order valence-electron chi connectivity index (χ2n) is 7.01. The van der Waals surface area contributed by atoms with Gasteiger partial charge in [0.1, 0.15) is 4.90 Å². The summed E-state index contributed by atoms with van der Waals surface area (Å²) in [6, 6.07) is 3.93. The normalized spacial score (nSPS) is 22.2. The smallest absolute Gasteiger partial charge is 0.244 e. The van der Waals surface area contributed by atoms with Crippen LogP contribution in [-0.4, -0.2) is 102 Å². The molecule has 2 aliphatic rings. The SMILES string of the molecule is CN1CCN(S(=O)(=O)c2ccc(Cl)c(S(=O)(=O)N3CCN(C)CC3)c2)CC1. The predicted octanol–water partition coefficient (Wildman–Crippen LogP) is 0.212. The topological polar surface area (TPSA) is 81.2 Å². The van der Waals surface area contributed by atoms with Gasteiger partial charge in [-0.25, -0.2) is 16.8 Å². The van der Waals surface area contributed by atoms with Gasteiger partial charge in [-0.05, 0) is 32.3 Å². The molecule has 1 aromatic carbocycles. The third kappa shape index (κ3) is 4.31. The van der Waals surface area contributed by atoms with Crippen molar-refractivity contribution < 1.29 is 16.8 Å². The van der Waals surface area contributed by atoms with Crippen LogP contribution >= 0.6 is 11.6 Å². The third-order valence-electron chi connectivity index (χ3n) is 5.08. The Kier molecular flexibility index (Phi) is 6.17. The van der Waals surface area contributed by atoms with Crippen molar-refractivity contribution in [1.29, 1.82) is 0 Å². The predicted molar refractivity (Wildman–Crippen MR) is 104 cm³/mol. The quantitative estimate of drug-likeness (QED) is 0.671. The van der Waals surface area contributed by atoms with Crippen molar-refractivity contribution in [2.45, 2.75) is 9.79 Å². The average Bonchev–Trinajstić information content (AvgIpc) is 2.62. The van der Waals surface area contributed by atoms with Gasteiger partial charge in [0.05, 0.1) is 9.92 Å². The fourth-order valence-corrected chi connectivity index (χ4v) is 6.63. The summed E-state index contributed by atoms with van der Waals surface area (Å²) < 4.78 is 54.7. The number of benzene rings is 1. The van der Waals surface area contributed by atoms with E-state index in [1.165, 1.54) is 26.8 Å². The summed E-state index contributed by atoms with van der Waals surface area (Å²) in [5, 5.41) is 0.0336. The molecule has 1 aromatic rings. The Morgan fingerprint density at radius 1 is 0.741 bits per heavy atom. The molecule has 0 aromatic heterocycles. The molecule has 0 atom stereocenters. The molecule has 2 aliphatic heterocycles. The molecule has 2 heterocycles. The molecule has 0 amide bonds. The Bertz CT molecular complexity index is 891. The molecule has 0 unspecified atom stereocenters. The molecular formula is C16H25ClN4O4S2.